The zero-order valence-corrected chi connectivity index (χ0v) is 9.44. The van der Waals surface area contributed by atoms with Gasteiger partial charge in [0.1, 0.15) is 5.75 Å². The van der Waals surface area contributed by atoms with E-state index in [-0.39, 0.29) is 11.3 Å². The van der Waals surface area contributed by atoms with Gasteiger partial charge in [0, 0.05) is 5.56 Å². The number of ether oxygens (including phenoxy) is 1. The van der Waals surface area contributed by atoms with E-state index in [2.05, 4.69) is 0 Å². The maximum atomic E-state index is 13.7. The standard InChI is InChI=1S/C12H12F4O/c1-6(2)10-9-8(17-5-12(10,15)16)4-3-7(13)11(9)14/h3-4,6,10H,5H2,1-2H3. The zero-order chi connectivity index (χ0) is 12.8. The number of fused-ring (bicyclic) bond motifs is 1. The minimum absolute atomic E-state index is 0.00789. The molecule has 1 atom stereocenters. The number of hydrogen-bond acceptors (Lipinski definition) is 1. The van der Waals surface area contributed by atoms with E-state index < -0.39 is 36.0 Å². The normalized spacial score (nSPS) is 22.2. The molecule has 1 nitrogen and oxygen atoms in total. The first kappa shape index (κ1) is 12.2. The van der Waals surface area contributed by atoms with Crippen LogP contribution in [0.5, 0.6) is 5.75 Å². The van der Waals surface area contributed by atoms with E-state index in [0.29, 0.717) is 0 Å². The van der Waals surface area contributed by atoms with Crippen molar-refractivity contribution in [3.8, 4) is 5.75 Å². The number of halogens is 4. The summed E-state index contributed by atoms with van der Waals surface area (Å²) in [5.74, 6) is -7.41. The van der Waals surface area contributed by atoms with Gasteiger partial charge in [-0.3, -0.25) is 0 Å². The molecule has 1 heterocycles. The third kappa shape index (κ3) is 1.87. The van der Waals surface area contributed by atoms with Crippen molar-refractivity contribution in [1.82, 2.24) is 0 Å². The molecule has 1 unspecified atom stereocenters. The predicted octanol–water partition coefficient (Wildman–Crippen LogP) is 3.73. The van der Waals surface area contributed by atoms with Gasteiger partial charge in [0.2, 0.25) is 0 Å². The highest BCUT2D eigenvalue weighted by Crippen LogP contribution is 2.47. The molecule has 94 valence electrons. The van der Waals surface area contributed by atoms with E-state index in [9.17, 15) is 17.6 Å². The summed E-state index contributed by atoms with van der Waals surface area (Å²) in [5.41, 5.74) is -0.351. The van der Waals surface area contributed by atoms with Gasteiger partial charge in [-0.15, -0.1) is 0 Å². The summed E-state index contributed by atoms with van der Waals surface area (Å²) >= 11 is 0. The van der Waals surface area contributed by atoms with Crippen LogP contribution < -0.4 is 4.74 Å². The molecule has 1 aromatic rings. The monoisotopic (exact) mass is 248 g/mol. The van der Waals surface area contributed by atoms with E-state index in [4.69, 9.17) is 4.74 Å². The lowest BCUT2D eigenvalue weighted by molar-refractivity contribution is -0.0895. The fraction of sp³-hybridized carbons (Fsp3) is 0.500. The predicted molar refractivity (Wildman–Crippen MR) is 54.4 cm³/mol. The molecule has 0 N–H and O–H groups in total. The Kier molecular flexibility index (Phi) is 2.79. The maximum Gasteiger partial charge on any atom is 0.288 e. The molecule has 1 aliphatic rings. The summed E-state index contributed by atoms with van der Waals surface area (Å²) < 4.78 is 59.0. The van der Waals surface area contributed by atoms with Crippen molar-refractivity contribution in [3.63, 3.8) is 0 Å². The molecule has 0 saturated carbocycles. The summed E-state index contributed by atoms with van der Waals surface area (Å²) in [5, 5.41) is 0. The van der Waals surface area contributed by atoms with Crippen molar-refractivity contribution in [1.29, 1.82) is 0 Å². The highest BCUT2D eigenvalue weighted by molar-refractivity contribution is 5.41. The largest absolute Gasteiger partial charge is 0.487 e. The average molecular weight is 248 g/mol. The lowest BCUT2D eigenvalue weighted by Crippen LogP contribution is -2.40. The van der Waals surface area contributed by atoms with Gasteiger partial charge in [-0.2, -0.15) is 0 Å². The molecule has 1 aliphatic heterocycles. The number of alkyl halides is 2. The quantitative estimate of drug-likeness (QED) is 0.688. The topological polar surface area (TPSA) is 9.23 Å². The summed E-state index contributed by atoms with van der Waals surface area (Å²) in [4.78, 5) is 0. The van der Waals surface area contributed by atoms with Crippen molar-refractivity contribution < 1.29 is 22.3 Å². The Morgan fingerprint density at radius 3 is 2.53 bits per heavy atom. The van der Waals surface area contributed by atoms with Gasteiger partial charge in [0.25, 0.3) is 5.92 Å². The molecule has 0 aliphatic carbocycles. The zero-order valence-electron chi connectivity index (χ0n) is 9.44. The fourth-order valence-corrected chi connectivity index (χ4v) is 2.26. The van der Waals surface area contributed by atoms with E-state index in [1.54, 1.807) is 13.8 Å². The molecular formula is C12H12F4O. The lowest BCUT2D eigenvalue weighted by Gasteiger charge is -2.35. The fourth-order valence-electron chi connectivity index (χ4n) is 2.26. The van der Waals surface area contributed by atoms with Crippen LogP contribution in [0, 0.1) is 17.6 Å². The number of benzene rings is 1. The van der Waals surface area contributed by atoms with Gasteiger partial charge >= 0.3 is 0 Å². The Bertz CT molecular complexity index is 442. The van der Waals surface area contributed by atoms with Crippen LogP contribution in [-0.4, -0.2) is 12.5 Å². The first-order valence-electron chi connectivity index (χ1n) is 5.33. The highest BCUT2D eigenvalue weighted by Gasteiger charge is 2.49. The van der Waals surface area contributed by atoms with Gasteiger partial charge in [-0.05, 0) is 18.1 Å². The van der Waals surface area contributed by atoms with Crippen LogP contribution in [0.25, 0.3) is 0 Å². The van der Waals surface area contributed by atoms with Crippen LogP contribution in [0.15, 0.2) is 12.1 Å². The maximum absolute atomic E-state index is 13.7. The van der Waals surface area contributed by atoms with Crippen LogP contribution in [0.4, 0.5) is 17.6 Å². The van der Waals surface area contributed by atoms with Crippen molar-refractivity contribution in [2.75, 3.05) is 6.61 Å². The Morgan fingerprint density at radius 2 is 1.94 bits per heavy atom. The third-order valence-electron chi connectivity index (χ3n) is 2.95. The van der Waals surface area contributed by atoms with E-state index >= 15 is 0 Å². The summed E-state index contributed by atoms with van der Waals surface area (Å²) in [6.07, 6.45) is 0. The van der Waals surface area contributed by atoms with Crippen molar-refractivity contribution in [2.45, 2.75) is 25.7 Å². The second-order valence-electron chi connectivity index (χ2n) is 4.54. The van der Waals surface area contributed by atoms with Crippen LogP contribution >= 0.6 is 0 Å². The third-order valence-corrected chi connectivity index (χ3v) is 2.95. The van der Waals surface area contributed by atoms with E-state index in [1.807, 2.05) is 0 Å². The second kappa shape index (κ2) is 3.89. The molecule has 1 aromatic carbocycles. The van der Waals surface area contributed by atoms with Gasteiger partial charge in [0.05, 0.1) is 5.92 Å². The lowest BCUT2D eigenvalue weighted by atomic mass is 9.81. The number of hydrogen-bond donors (Lipinski definition) is 0. The Hall–Kier alpha value is -1.26. The molecule has 2 rings (SSSR count). The molecule has 0 bridgehead atoms. The van der Waals surface area contributed by atoms with Crippen LogP contribution in [-0.2, 0) is 0 Å². The average Bonchev–Trinajstić information content (AvgIpc) is 2.22. The molecule has 0 amide bonds. The Morgan fingerprint density at radius 1 is 1.29 bits per heavy atom. The Labute approximate surface area is 96.4 Å². The Balaban J connectivity index is 2.63. The van der Waals surface area contributed by atoms with Crippen molar-refractivity contribution in [3.05, 3.63) is 29.3 Å². The molecule has 5 heteroatoms. The number of rotatable bonds is 1. The van der Waals surface area contributed by atoms with Gasteiger partial charge in [0.15, 0.2) is 18.2 Å². The minimum atomic E-state index is -3.18. The van der Waals surface area contributed by atoms with Gasteiger partial charge < -0.3 is 4.74 Å². The molecule has 0 aromatic heterocycles. The summed E-state index contributed by atoms with van der Waals surface area (Å²) in [6, 6.07) is 2.08. The van der Waals surface area contributed by atoms with Crippen LogP contribution in [0.3, 0.4) is 0 Å². The van der Waals surface area contributed by atoms with E-state index in [1.165, 1.54) is 6.07 Å². The SMILES string of the molecule is CC(C)C1c2c(ccc(F)c2F)OCC1(F)F. The van der Waals surface area contributed by atoms with Gasteiger partial charge in [-0.1, -0.05) is 13.8 Å². The van der Waals surface area contributed by atoms with Crippen LogP contribution in [0.2, 0.25) is 0 Å². The second-order valence-corrected chi connectivity index (χ2v) is 4.54. The minimum Gasteiger partial charge on any atom is -0.487 e. The first-order valence-corrected chi connectivity index (χ1v) is 5.33. The molecule has 0 saturated heterocycles. The highest BCUT2D eigenvalue weighted by atomic mass is 19.3. The summed E-state index contributed by atoms with van der Waals surface area (Å²) in [7, 11) is 0. The summed E-state index contributed by atoms with van der Waals surface area (Å²) in [6.45, 7) is 2.31. The van der Waals surface area contributed by atoms with E-state index in [0.717, 1.165) is 6.07 Å². The molecule has 0 spiro atoms. The molecule has 0 radical (unpaired) electrons. The molecule has 17 heavy (non-hydrogen) atoms. The van der Waals surface area contributed by atoms with Crippen molar-refractivity contribution >= 4 is 0 Å². The smallest absolute Gasteiger partial charge is 0.288 e. The molecule has 0 fully saturated rings. The van der Waals surface area contributed by atoms with Crippen molar-refractivity contribution in [2.24, 2.45) is 5.92 Å². The first-order chi connectivity index (χ1) is 7.84. The van der Waals surface area contributed by atoms with Crippen LogP contribution in [0.1, 0.15) is 25.3 Å². The molecular weight excluding hydrogens is 236 g/mol. The van der Waals surface area contributed by atoms with Gasteiger partial charge in [-0.25, -0.2) is 17.6 Å².